The third-order valence-electron chi connectivity index (χ3n) is 2.36. The van der Waals surface area contributed by atoms with Gasteiger partial charge < -0.3 is 5.32 Å². The quantitative estimate of drug-likeness (QED) is 0.896. The third-order valence-corrected chi connectivity index (χ3v) is 2.36. The Balaban J connectivity index is 2.72. The number of allylic oxidation sites excluding steroid dienone is 1. The summed E-state index contributed by atoms with van der Waals surface area (Å²) in [5.74, 6) is -0.170. The van der Waals surface area contributed by atoms with Crippen LogP contribution in [0, 0.1) is 0 Å². The van der Waals surface area contributed by atoms with Crippen molar-refractivity contribution in [2.75, 3.05) is 0 Å². The van der Waals surface area contributed by atoms with Gasteiger partial charge in [-0.3, -0.25) is 9.48 Å². The van der Waals surface area contributed by atoms with Crippen LogP contribution in [-0.4, -0.2) is 21.2 Å². The molecule has 0 bridgehead atoms. The minimum atomic E-state index is -0.285. The number of carbonyl (C=O) groups excluding carboxylic acids is 1. The fraction of sp³-hybridized carbons (Fsp3) is 0.538. The van der Waals surface area contributed by atoms with Crippen LogP contribution < -0.4 is 5.32 Å². The molecule has 18 heavy (non-hydrogen) atoms. The van der Waals surface area contributed by atoms with E-state index in [-0.39, 0.29) is 11.4 Å². The van der Waals surface area contributed by atoms with Crippen LogP contribution in [0.1, 0.15) is 44.5 Å². The standard InChI is InChI=1S/C13H20FN3O/c1-5-10(6-14)8-17-9-11(7-15-17)12(18)16-13(2,3)4/h6-7,9H,5,8H2,1-4H3,(H,16,18)/b10-6+. The summed E-state index contributed by atoms with van der Waals surface area (Å²) in [7, 11) is 0. The van der Waals surface area contributed by atoms with E-state index < -0.39 is 0 Å². The van der Waals surface area contributed by atoms with Crippen molar-refractivity contribution in [1.82, 2.24) is 15.1 Å². The van der Waals surface area contributed by atoms with Crippen LogP contribution in [0.3, 0.4) is 0 Å². The van der Waals surface area contributed by atoms with Crippen LogP contribution in [0.4, 0.5) is 4.39 Å². The summed E-state index contributed by atoms with van der Waals surface area (Å²) in [6.07, 6.45) is 4.34. The molecular formula is C13H20FN3O. The molecule has 1 amide bonds. The van der Waals surface area contributed by atoms with E-state index in [4.69, 9.17) is 0 Å². The van der Waals surface area contributed by atoms with E-state index in [9.17, 15) is 9.18 Å². The van der Waals surface area contributed by atoms with Crippen LogP contribution >= 0.6 is 0 Å². The summed E-state index contributed by atoms with van der Waals surface area (Å²) in [4.78, 5) is 11.8. The topological polar surface area (TPSA) is 46.9 Å². The van der Waals surface area contributed by atoms with E-state index in [0.717, 1.165) is 0 Å². The van der Waals surface area contributed by atoms with Gasteiger partial charge in [0.15, 0.2) is 0 Å². The van der Waals surface area contributed by atoms with Gasteiger partial charge in [0, 0.05) is 11.7 Å². The Labute approximate surface area is 107 Å². The Bertz CT molecular complexity index is 443. The molecule has 0 aliphatic rings. The molecule has 5 heteroatoms. The van der Waals surface area contributed by atoms with Crippen LogP contribution in [0.2, 0.25) is 0 Å². The van der Waals surface area contributed by atoms with Crippen LogP contribution in [-0.2, 0) is 6.54 Å². The first-order valence-electron chi connectivity index (χ1n) is 5.99. The third kappa shape index (κ3) is 4.31. The van der Waals surface area contributed by atoms with Gasteiger partial charge in [0.25, 0.3) is 5.91 Å². The first kappa shape index (κ1) is 14.4. The van der Waals surface area contributed by atoms with Gasteiger partial charge in [0.2, 0.25) is 0 Å². The van der Waals surface area contributed by atoms with E-state index in [1.807, 2.05) is 27.7 Å². The molecule has 1 rings (SSSR count). The lowest BCUT2D eigenvalue weighted by atomic mass is 10.1. The minimum Gasteiger partial charge on any atom is -0.347 e. The monoisotopic (exact) mass is 253 g/mol. The van der Waals surface area contributed by atoms with Gasteiger partial charge in [-0.05, 0) is 32.8 Å². The Hall–Kier alpha value is -1.65. The maximum Gasteiger partial charge on any atom is 0.254 e. The number of halogens is 1. The molecule has 0 fully saturated rings. The second-order valence-electron chi connectivity index (χ2n) is 5.25. The van der Waals surface area contributed by atoms with E-state index in [1.165, 1.54) is 6.20 Å². The lowest BCUT2D eigenvalue weighted by Gasteiger charge is -2.19. The number of aromatic nitrogens is 2. The van der Waals surface area contributed by atoms with Crippen molar-refractivity contribution in [3.63, 3.8) is 0 Å². The SMILES string of the molecule is CC/C(=C\F)Cn1cc(C(=O)NC(C)(C)C)cn1. The van der Waals surface area contributed by atoms with Crippen molar-refractivity contribution in [2.24, 2.45) is 0 Å². The van der Waals surface area contributed by atoms with E-state index in [2.05, 4.69) is 10.4 Å². The average molecular weight is 253 g/mol. The maximum absolute atomic E-state index is 12.4. The zero-order valence-corrected chi connectivity index (χ0v) is 11.3. The highest BCUT2D eigenvalue weighted by atomic mass is 19.1. The molecule has 100 valence electrons. The molecule has 0 aliphatic heterocycles. The molecule has 1 aromatic heterocycles. The van der Waals surface area contributed by atoms with Gasteiger partial charge in [0.05, 0.1) is 24.6 Å². The van der Waals surface area contributed by atoms with Crippen LogP contribution in [0.5, 0.6) is 0 Å². The number of amides is 1. The molecule has 0 aliphatic carbocycles. The molecule has 4 nitrogen and oxygen atoms in total. The molecule has 0 aromatic carbocycles. The predicted octanol–water partition coefficient (Wildman–Crippen LogP) is 2.67. The van der Waals surface area contributed by atoms with E-state index >= 15 is 0 Å². The second kappa shape index (κ2) is 5.80. The van der Waals surface area contributed by atoms with Crippen molar-refractivity contribution < 1.29 is 9.18 Å². The normalized spacial score (nSPS) is 12.6. The summed E-state index contributed by atoms with van der Waals surface area (Å²) >= 11 is 0. The molecule has 1 heterocycles. The highest BCUT2D eigenvalue weighted by Crippen LogP contribution is 2.08. The first-order chi connectivity index (χ1) is 8.35. The smallest absolute Gasteiger partial charge is 0.254 e. The number of nitrogens with zero attached hydrogens (tertiary/aromatic N) is 2. The summed E-state index contributed by atoms with van der Waals surface area (Å²) in [5.41, 5.74) is 0.840. The molecule has 0 atom stereocenters. The lowest BCUT2D eigenvalue weighted by molar-refractivity contribution is 0.0919. The van der Waals surface area contributed by atoms with E-state index in [1.54, 1.807) is 10.9 Å². The number of nitrogens with one attached hydrogen (secondary N) is 1. The molecule has 0 saturated carbocycles. The van der Waals surface area contributed by atoms with Crippen molar-refractivity contribution >= 4 is 5.91 Å². The van der Waals surface area contributed by atoms with Crippen molar-refractivity contribution in [3.05, 3.63) is 29.9 Å². The van der Waals surface area contributed by atoms with Crippen LogP contribution in [0.25, 0.3) is 0 Å². The van der Waals surface area contributed by atoms with Gasteiger partial charge in [-0.25, -0.2) is 4.39 Å². The van der Waals surface area contributed by atoms with Gasteiger partial charge in [-0.2, -0.15) is 5.10 Å². The van der Waals surface area contributed by atoms with Crippen molar-refractivity contribution in [2.45, 2.75) is 46.2 Å². The minimum absolute atomic E-state index is 0.170. The zero-order chi connectivity index (χ0) is 13.8. The second-order valence-corrected chi connectivity index (χ2v) is 5.25. The summed E-state index contributed by atoms with van der Waals surface area (Å²) < 4.78 is 14.0. The Kier molecular flexibility index (Phi) is 4.64. The molecule has 0 saturated heterocycles. The summed E-state index contributed by atoms with van der Waals surface area (Å²) in [6.45, 7) is 7.99. The van der Waals surface area contributed by atoms with Gasteiger partial charge in [-0.15, -0.1) is 0 Å². The molecule has 0 radical (unpaired) electrons. The molecular weight excluding hydrogens is 233 g/mol. The van der Waals surface area contributed by atoms with Crippen molar-refractivity contribution in [1.29, 1.82) is 0 Å². The zero-order valence-electron chi connectivity index (χ0n) is 11.3. The summed E-state index contributed by atoms with van der Waals surface area (Å²) in [5, 5.41) is 6.90. The van der Waals surface area contributed by atoms with Crippen molar-refractivity contribution in [3.8, 4) is 0 Å². The fourth-order valence-corrected chi connectivity index (χ4v) is 1.41. The Morgan fingerprint density at radius 1 is 1.56 bits per heavy atom. The van der Waals surface area contributed by atoms with Crippen LogP contribution in [0.15, 0.2) is 24.3 Å². The highest BCUT2D eigenvalue weighted by molar-refractivity contribution is 5.94. The number of hydrogen-bond donors (Lipinski definition) is 1. The average Bonchev–Trinajstić information content (AvgIpc) is 2.72. The molecule has 0 spiro atoms. The molecule has 1 aromatic rings. The molecule has 1 N–H and O–H groups in total. The Morgan fingerprint density at radius 3 is 2.72 bits per heavy atom. The van der Waals surface area contributed by atoms with Gasteiger partial charge in [-0.1, -0.05) is 6.92 Å². The maximum atomic E-state index is 12.4. The number of rotatable bonds is 4. The highest BCUT2D eigenvalue weighted by Gasteiger charge is 2.16. The fourth-order valence-electron chi connectivity index (χ4n) is 1.41. The largest absolute Gasteiger partial charge is 0.347 e. The van der Waals surface area contributed by atoms with Gasteiger partial charge >= 0.3 is 0 Å². The first-order valence-corrected chi connectivity index (χ1v) is 5.99. The summed E-state index contributed by atoms with van der Waals surface area (Å²) in [6, 6.07) is 0. The van der Waals surface area contributed by atoms with Gasteiger partial charge in [0.1, 0.15) is 0 Å². The lowest BCUT2D eigenvalue weighted by Crippen LogP contribution is -2.40. The number of hydrogen-bond acceptors (Lipinski definition) is 2. The molecule has 0 unspecified atom stereocenters. The predicted molar refractivity (Wildman–Crippen MR) is 68.9 cm³/mol. The number of carbonyl (C=O) groups is 1. The van der Waals surface area contributed by atoms with E-state index in [0.29, 0.717) is 30.4 Å². The Morgan fingerprint density at radius 2 is 2.22 bits per heavy atom.